The van der Waals surface area contributed by atoms with Gasteiger partial charge in [-0.3, -0.25) is 0 Å². The quantitative estimate of drug-likeness (QED) is 0.746. The normalized spacial score (nSPS) is 11.1. The summed E-state index contributed by atoms with van der Waals surface area (Å²) in [6.45, 7) is 7.62. The number of aromatic nitrogens is 2. The lowest BCUT2D eigenvalue weighted by Crippen LogP contribution is -2.02. The molecule has 0 spiro atoms. The summed E-state index contributed by atoms with van der Waals surface area (Å²) in [5.74, 6) is 1.21. The van der Waals surface area contributed by atoms with Crippen LogP contribution in [0.4, 0.5) is 0 Å². The van der Waals surface area contributed by atoms with E-state index in [4.69, 9.17) is 0 Å². The molecule has 15 heavy (non-hydrogen) atoms. The standard InChI is InChI=1S/C13H18N2/c1-4-9-15-12(5-2)14-11-8-6-7-10(3)13(11)15/h6-8H,4-5,9H2,1-3H3. The predicted molar refractivity (Wildman–Crippen MR) is 64.1 cm³/mol. The van der Waals surface area contributed by atoms with Crippen LogP contribution in [0.15, 0.2) is 18.2 Å². The third-order valence-electron chi connectivity index (χ3n) is 2.81. The minimum absolute atomic E-state index is 1.01. The topological polar surface area (TPSA) is 17.8 Å². The predicted octanol–water partition coefficient (Wildman–Crippen LogP) is 3.32. The van der Waals surface area contributed by atoms with E-state index in [1.807, 2.05) is 0 Å². The molecule has 80 valence electrons. The van der Waals surface area contributed by atoms with Crippen molar-refractivity contribution in [2.24, 2.45) is 0 Å². The molecule has 0 saturated carbocycles. The molecule has 0 bridgehead atoms. The fraction of sp³-hybridized carbons (Fsp3) is 0.462. The summed E-state index contributed by atoms with van der Waals surface area (Å²) < 4.78 is 2.37. The van der Waals surface area contributed by atoms with Crippen molar-refractivity contribution in [3.8, 4) is 0 Å². The second kappa shape index (κ2) is 4.05. The van der Waals surface area contributed by atoms with E-state index in [0.29, 0.717) is 0 Å². The summed E-state index contributed by atoms with van der Waals surface area (Å²) in [5.41, 5.74) is 3.78. The second-order valence-corrected chi connectivity index (χ2v) is 3.98. The van der Waals surface area contributed by atoms with Crippen molar-refractivity contribution in [2.75, 3.05) is 0 Å². The molecule has 0 unspecified atom stereocenters. The van der Waals surface area contributed by atoms with E-state index in [2.05, 4.69) is 48.5 Å². The van der Waals surface area contributed by atoms with Crippen LogP contribution in [0.5, 0.6) is 0 Å². The van der Waals surface area contributed by atoms with Gasteiger partial charge in [-0.25, -0.2) is 4.98 Å². The van der Waals surface area contributed by atoms with Crippen LogP contribution in [0, 0.1) is 6.92 Å². The SMILES string of the molecule is CCCn1c(CC)nc2cccc(C)c21. The molecule has 0 amide bonds. The Hall–Kier alpha value is -1.31. The van der Waals surface area contributed by atoms with E-state index in [1.54, 1.807) is 0 Å². The van der Waals surface area contributed by atoms with Gasteiger partial charge >= 0.3 is 0 Å². The Labute approximate surface area is 90.9 Å². The van der Waals surface area contributed by atoms with Gasteiger partial charge in [0.15, 0.2) is 0 Å². The molecule has 2 nitrogen and oxygen atoms in total. The minimum Gasteiger partial charge on any atom is -0.328 e. The summed E-state index contributed by atoms with van der Waals surface area (Å²) in [5, 5.41) is 0. The van der Waals surface area contributed by atoms with Crippen molar-refractivity contribution in [1.82, 2.24) is 9.55 Å². The zero-order valence-corrected chi connectivity index (χ0v) is 9.75. The third-order valence-corrected chi connectivity index (χ3v) is 2.81. The lowest BCUT2D eigenvalue weighted by molar-refractivity contribution is 0.658. The second-order valence-electron chi connectivity index (χ2n) is 3.98. The van der Waals surface area contributed by atoms with Crippen LogP contribution in [-0.4, -0.2) is 9.55 Å². The highest BCUT2D eigenvalue weighted by molar-refractivity contribution is 5.79. The van der Waals surface area contributed by atoms with Gasteiger partial charge in [0.1, 0.15) is 5.82 Å². The van der Waals surface area contributed by atoms with E-state index in [9.17, 15) is 0 Å². The highest BCUT2D eigenvalue weighted by atomic mass is 15.1. The third kappa shape index (κ3) is 1.65. The number of fused-ring (bicyclic) bond motifs is 1. The molecule has 1 heterocycles. The van der Waals surface area contributed by atoms with Crippen LogP contribution < -0.4 is 0 Å². The molecule has 2 rings (SSSR count). The number of nitrogens with zero attached hydrogens (tertiary/aromatic N) is 2. The molecule has 0 saturated heterocycles. The van der Waals surface area contributed by atoms with Gasteiger partial charge in [-0.1, -0.05) is 26.0 Å². The molecule has 0 aliphatic heterocycles. The number of hydrogen-bond acceptors (Lipinski definition) is 1. The maximum Gasteiger partial charge on any atom is 0.109 e. The Morgan fingerprint density at radius 3 is 2.73 bits per heavy atom. The van der Waals surface area contributed by atoms with Crippen LogP contribution in [0.25, 0.3) is 11.0 Å². The van der Waals surface area contributed by atoms with Gasteiger partial charge in [0.05, 0.1) is 11.0 Å². The van der Waals surface area contributed by atoms with Crippen LogP contribution >= 0.6 is 0 Å². The van der Waals surface area contributed by atoms with Gasteiger partial charge in [0, 0.05) is 13.0 Å². The Morgan fingerprint density at radius 2 is 2.07 bits per heavy atom. The molecular weight excluding hydrogens is 184 g/mol. The first-order chi connectivity index (χ1) is 7.27. The average molecular weight is 202 g/mol. The minimum atomic E-state index is 1.01. The Balaban J connectivity index is 2.70. The molecule has 2 heteroatoms. The first kappa shape index (κ1) is 10.2. The number of rotatable bonds is 3. The Kier molecular flexibility index (Phi) is 2.76. The lowest BCUT2D eigenvalue weighted by Gasteiger charge is -2.07. The Morgan fingerprint density at radius 1 is 1.27 bits per heavy atom. The van der Waals surface area contributed by atoms with E-state index in [-0.39, 0.29) is 0 Å². The van der Waals surface area contributed by atoms with Crippen molar-refractivity contribution < 1.29 is 0 Å². The van der Waals surface area contributed by atoms with Crippen molar-refractivity contribution in [2.45, 2.75) is 40.2 Å². The van der Waals surface area contributed by atoms with E-state index in [0.717, 1.165) is 24.9 Å². The summed E-state index contributed by atoms with van der Waals surface area (Å²) in [6.07, 6.45) is 2.17. The lowest BCUT2D eigenvalue weighted by atomic mass is 10.2. The highest BCUT2D eigenvalue weighted by Crippen LogP contribution is 2.20. The summed E-state index contributed by atoms with van der Waals surface area (Å²) >= 11 is 0. The summed E-state index contributed by atoms with van der Waals surface area (Å²) in [7, 11) is 0. The van der Waals surface area contributed by atoms with Crippen LogP contribution in [0.1, 0.15) is 31.7 Å². The van der Waals surface area contributed by atoms with Crippen molar-refractivity contribution in [3.05, 3.63) is 29.6 Å². The number of imidazole rings is 1. The van der Waals surface area contributed by atoms with Crippen molar-refractivity contribution in [1.29, 1.82) is 0 Å². The van der Waals surface area contributed by atoms with Gasteiger partial charge in [-0.05, 0) is 25.0 Å². The van der Waals surface area contributed by atoms with Gasteiger partial charge in [0.25, 0.3) is 0 Å². The van der Waals surface area contributed by atoms with Gasteiger partial charge in [-0.2, -0.15) is 0 Å². The molecule has 0 fully saturated rings. The van der Waals surface area contributed by atoms with Gasteiger partial charge < -0.3 is 4.57 Å². The zero-order valence-electron chi connectivity index (χ0n) is 9.75. The number of benzene rings is 1. The van der Waals surface area contributed by atoms with Gasteiger partial charge in [0.2, 0.25) is 0 Å². The monoisotopic (exact) mass is 202 g/mol. The molecule has 0 radical (unpaired) electrons. The molecule has 0 aliphatic rings. The molecule has 0 aliphatic carbocycles. The maximum atomic E-state index is 4.67. The fourth-order valence-corrected chi connectivity index (χ4v) is 2.15. The van der Waals surface area contributed by atoms with E-state index >= 15 is 0 Å². The Bertz CT molecular complexity index is 469. The summed E-state index contributed by atoms with van der Waals surface area (Å²) in [6, 6.07) is 6.35. The molecule has 0 N–H and O–H groups in total. The van der Waals surface area contributed by atoms with Crippen LogP contribution in [0.3, 0.4) is 0 Å². The molecular formula is C13H18N2. The fourth-order valence-electron chi connectivity index (χ4n) is 2.15. The molecule has 2 aromatic rings. The van der Waals surface area contributed by atoms with Crippen molar-refractivity contribution in [3.63, 3.8) is 0 Å². The average Bonchev–Trinajstić information content (AvgIpc) is 2.58. The first-order valence-corrected chi connectivity index (χ1v) is 5.72. The summed E-state index contributed by atoms with van der Waals surface area (Å²) in [4.78, 5) is 4.67. The number of para-hydroxylation sites is 1. The van der Waals surface area contributed by atoms with Crippen molar-refractivity contribution >= 4 is 11.0 Å². The number of hydrogen-bond donors (Lipinski definition) is 0. The smallest absolute Gasteiger partial charge is 0.109 e. The number of aryl methyl sites for hydroxylation is 3. The van der Waals surface area contributed by atoms with Crippen LogP contribution in [0.2, 0.25) is 0 Å². The molecule has 0 atom stereocenters. The van der Waals surface area contributed by atoms with E-state index < -0.39 is 0 Å². The maximum absolute atomic E-state index is 4.67. The van der Waals surface area contributed by atoms with Crippen LogP contribution in [-0.2, 0) is 13.0 Å². The molecule has 1 aromatic heterocycles. The van der Waals surface area contributed by atoms with E-state index in [1.165, 1.54) is 16.9 Å². The largest absolute Gasteiger partial charge is 0.328 e. The zero-order chi connectivity index (χ0) is 10.8. The van der Waals surface area contributed by atoms with Gasteiger partial charge in [-0.15, -0.1) is 0 Å². The molecule has 1 aromatic carbocycles. The first-order valence-electron chi connectivity index (χ1n) is 5.72. The highest BCUT2D eigenvalue weighted by Gasteiger charge is 2.09.